The van der Waals surface area contributed by atoms with Gasteiger partial charge in [0.1, 0.15) is 0 Å². The second-order valence-electron chi connectivity index (χ2n) is 5.62. The van der Waals surface area contributed by atoms with Crippen LogP contribution in [0.1, 0.15) is 21.7 Å². The number of hydrogen-bond acceptors (Lipinski definition) is 6. The highest BCUT2D eigenvalue weighted by atomic mass is 32.2. The fourth-order valence-electron chi connectivity index (χ4n) is 2.81. The molecule has 0 radical (unpaired) electrons. The molecule has 3 rings (SSSR count). The van der Waals surface area contributed by atoms with E-state index in [2.05, 4.69) is 12.1 Å². The Bertz CT molecular complexity index is 918. The van der Waals surface area contributed by atoms with Crippen LogP contribution in [-0.2, 0) is 14.8 Å². The van der Waals surface area contributed by atoms with Gasteiger partial charge in [-0.25, -0.2) is 18.4 Å². The van der Waals surface area contributed by atoms with Gasteiger partial charge in [0.25, 0.3) is 0 Å². The molecule has 0 bridgehead atoms. The molecule has 0 aliphatic carbocycles. The third kappa shape index (κ3) is 3.76. The molecule has 2 aromatic rings. The molecule has 0 atom stereocenters. The number of primary sulfonamides is 1. The standard InChI is InChI=1S/C17H18N2O4S2/c1-23-17(20)14-11-13(25(18,21)22)4-5-15(14)19-8-6-12(7-9-19)16-3-2-10-24-16/h2-6,10-11H,7-9H2,1H3,(H2,18,21,22). The predicted molar refractivity (Wildman–Crippen MR) is 98.3 cm³/mol. The molecule has 1 aromatic heterocycles. The number of nitrogens with two attached hydrogens (primary N) is 1. The van der Waals surface area contributed by atoms with E-state index in [9.17, 15) is 13.2 Å². The number of rotatable bonds is 4. The van der Waals surface area contributed by atoms with Crippen molar-refractivity contribution in [1.82, 2.24) is 0 Å². The number of ether oxygens (including phenoxy) is 1. The quantitative estimate of drug-likeness (QED) is 0.826. The number of nitrogens with zero attached hydrogens (tertiary/aromatic N) is 1. The van der Waals surface area contributed by atoms with Gasteiger partial charge in [-0.15, -0.1) is 11.3 Å². The zero-order valence-electron chi connectivity index (χ0n) is 13.6. The second-order valence-corrected chi connectivity index (χ2v) is 8.13. The Morgan fingerprint density at radius 3 is 2.68 bits per heavy atom. The van der Waals surface area contributed by atoms with E-state index in [-0.39, 0.29) is 10.5 Å². The number of esters is 1. The SMILES string of the molecule is COC(=O)c1cc(S(N)(=O)=O)ccc1N1CC=C(c2cccs2)CC1. The van der Waals surface area contributed by atoms with Gasteiger partial charge in [-0.05, 0) is 41.6 Å². The summed E-state index contributed by atoms with van der Waals surface area (Å²) in [5.41, 5.74) is 2.12. The van der Waals surface area contributed by atoms with E-state index in [0.29, 0.717) is 12.2 Å². The minimum absolute atomic E-state index is 0.108. The maximum atomic E-state index is 12.1. The Morgan fingerprint density at radius 1 is 1.32 bits per heavy atom. The van der Waals surface area contributed by atoms with E-state index < -0.39 is 16.0 Å². The molecule has 0 saturated carbocycles. The fraction of sp³-hybridized carbons (Fsp3) is 0.235. The molecule has 2 heterocycles. The van der Waals surface area contributed by atoms with Crippen LogP contribution >= 0.6 is 11.3 Å². The highest BCUT2D eigenvalue weighted by Gasteiger charge is 2.22. The zero-order chi connectivity index (χ0) is 18.0. The molecule has 0 unspecified atom stereocenters. The Balaban J connectivity index is 1.93. The third-order valence-electron chi connectivity index (χ3n) is 4.09. The summed E-state index contributed by atoms with van der Waals surface area (Å²) in [5.74, 6) is -0.589. The lowest BCUT2D eigenvalue weighted by Crippen LogP contribution is -2.30. The lowest BCUT2D eigenvalue weighted by Gasteiger charge is -2.29. The van der Waals surface area contributed by atoms with Gasteiger partial charge >= 0.3 is 5.97 Å². The van der Waals surface area contributed by atoms with Crippen molar-refractivity contribution in [2.75, 3.05) is 25.1 Å². The molecule has 8 heteroatoms. The lowest BCUT2D eigenvalue weighted by molar-refractivity contribution is 0.0601. The summed E-state index contributed by atoms with van der Waals surface area (Å²) in [6.07, 6.45) is 2.97. The molecular weight excluding hydrogens is 360 g/mol. The minimum atomic E-state index is -3.89. The molecule has 0 fully saturated rings. The van der Waals surface area contributed by atoms with Crippen molar-refractivity contribution in [3.05, 3.63) is 52.2 Å². The highest BCUT2D eigenvalue weighted by molar-refractivity contribution is 7.89. The van der Waals surface area contributed by atoms with Crippen LogP contribution in [0.3, 0.4) is 0 Å². The Labute approximate surface area is 150 Å². The molecule has 25 heavy (non-hydrogen) atoms. The predicted octanol–water partition coefficient (Wildman–Crippen LogP) is 2.48. The number of benzene rings is 1. The van der Waals surface area contributed by atoms with Gasteiger partial charge < -0.3 is 9.64 Å². The van der Waals surface area contributed by atoms with Crippen molar-refractivity contribution >= 4 is 38.6 Å². The molecular formula is C17H18N2O4S2. The van der Waals surface area contributed by atoms with Crippen LogP contribution in [0.2, 0.25) is 0 Å². The largest absolute Gasteiger partial charge is 0.465 e. The molecule has 2 N–H and O–H groups in total. The molecule has 6 nitrogen and oxygen atoms in total. The first-order chi connectivity index (χ1) is 11.9. The lowest BCUT2D eigenvalue weighted by atomic mass is 10.0. The van der Waals surface area contributed by atoms with E-state index in [1.807, 2.05) is 16.3 Å². The van der Waals surface area contributed by atoms with E-state index in [1.165, 1.54) is 29.7 Å². The summed E-state index contributed by atoms with van der Waals surface area (Å²) in [6, 6.07) is 8.40. The van der Waals surface area contributed by atoms with Crippen molar-refractivity contribution in [2.24, 2.45) is 5.14 Å². The molecule has 0 spiro atoms. The van der Waals surface area contributed by atoms with Crippen LogP contribution in [0.15, 0.2) is 46.7 Å². The number of methoxy groups -OCH3 is 1. The second kappa shape index (κ2) is 6.99. The van der Waals surface area contributed by atoms with Crippen molar-refractivity contribution in [3.8, 4) is 0 Å². The zero-order valence-corrected chi connectivity index (χ0v) is 15.3. The molecule has 132 valence electrons. The summed E-state index contributed by atoms with van der Waals surface area (Å²) in [6.45, 7) is 1.36. The molecule has 1 aliphatic rings. The van der Waals surface area contributed by atoms with Crippen molar-refractivity contribution in [3.63, 3.8) is 0 Å². The van der Waals surface area contributed by atoms with Crippen LogP contribution < -0.4 is 10.0 Å². The van der Waals surface area contributed by atoms with Gasteiger partial charge in [-0.3, -0.25) is 0 Å². The average Bonchev–Trinajstić information content (AvgIpc) is 3.14. The number of sulfonamides is 1. The number of anilines is 1. The summed E-state index contributed by atoms with van der Waals surface area (Å²) in [7, 11) is -2.63. The first kappa shape index (κ1) is 17.7. The average molecular weight is 378 g/mol. The van der Waals surface area contributed by atoms with Crippen LogP contribution in [0, 0.1) is 0 Å². The normalized spacial score (nSPS) is 15.0. The Morgan fingerprint density at radius 2 is 2.12 bits per heavy atom. The first-order valence-corrected chi connectivity index (χ1v) is 10.1. The number of hydrogen-bond donors (Lipinski definition) is 1. The fourth-order valence-corrected chi connectivity index (χ4v) is 4.15. The monoisotopic (exact) mass is 378 g/mol. The smallest absolute Gasteiger partial charge is 0.340 e. The van der Waals surface area contributed by atoms with Crippen molar-refractivity contribution in [1.29, 1.82) is 0 Å². The Kier molecular flexibility index (Phi) is 4.94. The summed E-state index contributed by atoms with van der Waals surface area (Å²) in [5, 5.41) is 7.21. The molecule has 0 amide bonds. The van der Waals surface area contributed by atoms with E-state index in [1.54, 1.807) is 17.4 Å². The van der Waals surface area contributed by atoms with Gasteiger partial charge in [0, 0.05) is 18.0 Å². The van der Waals surface area contributed by atoms with Crippen molar-refractivity contribution < 1.29 is 17.9 Å². The topological polar surface area (TPSA) is 89.7 Å². The maximum Gasteiger partial charge on any atom is 0.340 e. The maximum absolute atomic E-state index is 12.1. The highest BCUT2D eigenvalue weighted by Crippen LogP contribution is 2.31. The van der Waals surface area contributed by atoms with Gasteiger partial charge in [0.05, 0.1) is 23.3 Å². The van der Waals surface area contributed by atoms with Crippen LogP contribution in [0.25, 0.3) is 5.57 Å². The molecule has 1 aliphatic heterocycles. The minimum Gasteiger partial charge on any atom is -0.465 e. The molecule has 1 aromatic carbocycles. The number of carbonyl (C=O) groups excluding carboxylic acids is 1. The van der Waals surface area contributed by atoms with E-state index >= 15 is 0 Å². The van der Waals surface area contributed by atoms with Gasteiger partial charge in [-0.1, -0.05) is 12.1 Å². The van der Waals surface area contributed by atoms with E-state index in [0.717, 1.165) is 13.0 Å². The van der Waals surface area contributed by atoms with E-state index in [4.69, 9.17) is 9.88 Å². The first-order valence-electron chi connectivity index (χ1n) is 7.63. The summed E-state index contributed by atoms with van der Waals surface area (Å²) < 4.78 is 27.9. The third-order valence-corrected chi connectivity index (χ3v) is 5.95. The van der Waals surface area contributed by atoms with Crippen LogP contribution in [0.5, 0.6) is 0 Å². The molecule has 0 saturated heterocycles. The summed E-state index contributed by atoms with van der Waals surface area (Å²) in [4.78, 5) is 15.3. The van der Waals surface area contributed by atoms with Crippen LogP contribution in [0.4, 0.5) is 5.69 Å². The van der Waals surface area contributed by atoms with Crippen molar-refractivity contribution in [2.45, 2.75) is 11.3 Å². The van der Waals surface area contributed by atoms with Gasteiger partial charge in [0.2, 0.25) is 10.0 Å². The number of carbonyl (C=O) groups is 1. The van der Waals surface area contributed by atoms with Gasteiger partial charge in [0.15, 0.2) is 0 Å². The summed E-state index contributed by atoms with van der Waals surface area (Å²) >= 11 is 1.70. The Hall–Kier alpha value is -2.16. The van der Waals surface area contributed by atoms with Crippen LogP contribution in [-0.4, -0.2) is 34.6 Å². The number of thiophene rings is 1. The van der Waals surface area contributed by atoms with Gasteiger partial charge in [-0.2, -0.15) is 0 Å².